The molecular formula is C19H25FN4O2. The number of rotatable bonds is 5. The first kappa shape index (κ1) is 18.4. The maximum Gasteiger partial charge on any atom is 0.270 e. The molecule has 1 aromatic carbocycles. The Bertz CT molecular complexity index is 698. The summed E-state index contributed by atoms with van der Waals surface area (Å²) in [5.41, 5.74) is 6.40. The minimum absolute atomic E-state index is 0.129. The summed E-state index contributed by atoms with van der Waals surface area (Å²) in [6.45, 7) is 2.58. The molecule has 0 saturated heterocycles. The second-order valence-corrected chi connectivity index (χ2v) is 6.87. The Labute approximate surface area is 152 Å². The van der Waals surface area contributed by atoms with Crippen LogP contribution in [0.25, 0.3) is 0 Å². The van der Waals surface area contributed by atoms with E-state index >= 15 is 0 Å². The summed E-state index contributed by atoms with van der Waals surface area (Å²) in [5, 5.41) is 5.82. The Morgan fingerprint density at radius 3 is 2.46 bits per heavy atom. The third-order valence-corrected chi connectivity index (χ3v) is 5.19. The summed E-state index contributed by atoms with van der Waals surface area (Å²) >= 11 is 0. The fourth-order valence-corrected chi connectivity index (χ4v) is 3.82. The van der Waals surface area contributed by atoms with Gasteiger partial charge in [-0.15, -0.1) is 0 Å². The average Bonchev–Trinajstić information content (AvgIpc) is 3.09. The van der Waals surface area contributed by atoms with Crippen LogP contribution < -0.4 is 10.7 Å². The predicted molar refractivity (Wildman–Crippen MR) is 98.2 cm³/mol. The molecule has 1 aromatic rings. The number of halogens is 1. The molecule has 1 aliphatic carbocycles. The van der Waals surface area contributed by atoms with E-state index in [-0.39, 0.29) is 24.2 Å². The first-order chi connectivity index (χ1) is 12.5. The molecule has 1 atom stereocenters. The van der Waals surface area contributed by atoms with Gasteiger partial charge in [-0.1, -0.05) is 19.3 Å². The second-order valence-electron chi connectivity index (χ2n) is 6.87. The van der Waals surface area contributed by atoms with Gasteiger partial charge in [-0.25, -0.2) is 4.39 Å². The van der Waals surface area contributed by atoms with E-state index in [1.54, 1.807) is 0 Å². The molecule has 1 aliphatic heterocycles. The van der Waals surface area contributed by atoms with Gasteiger partial charge in [-0.2, -0.15) is 5.10 Å². The Morgan fingerprint density at radius 2 is 1.88 bits per heavy atom. The van der Waals surface area contributed by atoms with Gasteiger partial charge in [0.25, 0.3) is 5.91 Å². The third kappa shape index (κ3) is 3.71. The van der Waals surface area contributed by atoms with Gasteiger partial charge in [-0.3, -0.25) is 14.6 Å². The molecule has 0 aromatic heterocycles. The summed E-state index contributed by atoms with van der Waals surface area (Å²) in [5.74, 6) is -1.06. The van der Waals surface area contributed by atoms with Crippen molar-refractivity contribution in [1.82, 2.24) is 4.90 Å². The summed E-state index contributed by atoms with van der Waals surface area (Å²) in [7, 11) is 0. The highest BCUT2D eigenvalue weighted by Crippen LogP contribution is 2.27. The number of hydrogen-bond donors (Lipinski definition) is 1. The van der Waals surface area contributed by atoms with E-state index in [9.17, 15) is 14.0 Å². The predicted octanol–water partition coefficient (Wildman–Crippen LogP) is 2.43. The van der Waals surface area contributed by atoms with Crippen molar-refractivity contribution in [3.05, 3.63) is 30.1 Å². The number of primary amides is 1. The smallest absolute Gasteiger partial charge is 0.270 e. The molecule has 1 heterocycles. The monoisotopic (exact) mass is 360 g/mol. The number of carbonyl (C=O) groups excluding carboxylic acids is 2. The molecule has 0 bridgehead atoms. The highest BCUT2D eigenvalue weighted by Gasteiger charge is 2.37. The van der Waals surface area contributed by atoms with Crippen molar-refractivity contribution in [3.63, 3.8) is 0 Å². The summed E-state index contributed by atoms with van der Waals surface area (Å²) in [4.78, 5) is 26.8. The van der Waals surface area contributed by atoms with Gasteiger partial charge in [-0.05, 0) is 44.0 Å². The van der Waals surface area contributed by atoms with Crippen LogP contribution in [0.15, 0.2) is 29.4 Å². The Kier molecular flexibility index (Phi) is 5.54. The van der Waals surface area contributed by atoms with Crippen molar-refractivity contribution >= 4 is 23.2 Å². The molecule has 3 rings (SSSR count). The molecule has 6 nitrogen and oxygen atoms in total. The second kappa shape index (κ2) is 7.85. The van der Waals surface area contributed by atoms with Crippen LogP contribution in [0.1, 0.15) is 45.4 Å². The standard InChI is InChI=1S/C19H25FN4O2/c1-2-23(14-6-4-3-5-7-14)19(26)16-12-17(18(21)25)24(22-16)15-10-8-13(20)9-11-15/h8-11,14,17H,2-7,12H2,1H3,(H2,21,25)/t17-/m1/s1. The lowest BCUT2D eigenvalue weighted by molar-refractivity contribution is -0.126. The van der Waals surface area contributed by atoms with Gasteiger partial charge >= 0.3 is 0 Å². The zero-order chi connectivity index (χ0) is 18.7. The number of carbonyl (C=O) groups is 2. The van der Waals surface area contributed by atoms with Gasteiger partial charge < -0.3 is 10.6 Å². The van der Waals surface area contributed by atoms with Gasteiger partial charge in [0.05, 0.1) is 5.69 Å². The largest absolute Gasteiger partial charge is 0.368 e. The van der Waals surface area contributed by atoms with Gasteiger partial charge in [0, 0.05) is 19.0 Å². The van der Waals surface area contributed by atoms with Crippen LogP contribution in [0.5, 0.6) is 0 Å². The molecular weight excluding hydrogens is 335 g/mol. The van der Waals surface area contributed by atoms with Crippen LogP contribution in [0, 0.1) is 5.82 Å². The van der Waals surface area contributed by atoms with Crippen LogP contribution >= 0.6 is 0 Å². The average molecular weight is 360 g/mol. The number of hydrogen-bond acceptors (Lipinski definition) is 4. The fourth-order valence-electron chi connectivity index (χ4n) is 3.82. The lowest BCUT2D eigenvalue weighted by Crippen LogP contribution is -2.45. The van der Waals surface area contributed by atoms with E-state index < -0.39 is 11.9 Å². The topological polar surface area (TPSA) is 79.0 Å². The van der Waals surface area contributed by atoms with E-state index in [1.165, 1.54) is 35.7 Å². The van der Waals surface area contributed by atoms with Crippen molar-refractivity contribution in [2.75, 3.05) is 11.6 Å². The normalized spacial score (nSPS) is 20.8. The lowest BCUT2D eigenvalue weighted by atomic mass is 9.93. The Balaban J connectivity index is 1.83. The molecule has 7 heteroatoms. The number of amides is 2. The number of anilines is 1. The minimum Gasteiger partial charge on any atom is -0.368 e. The fraction of sp³-hybridized carbons (Fsp3) is 0.526. The number of nitrogens with zero attached hydrogens (tertiary/aromatic N) is 3. The highest BCUT2D eigenvalue weighted by atomic mass is 19.1. The molecule has 0 radical (unpaired) electrons. The van der Waals surface area contributed by atoms with Crippen molar-refractivity contribution in [2.24, 2.45) is 10.8 Å². The molecule has 0 spiro atoms. The summed E-state index contributed by atoms with van der Waals surface area (Å²) < 4.78 is 13.2. The van der Waals surface area contributed by atoms with Crippen LogP contribution in [-0.2, 0) is 9.59 Å². The van der Waals surface area contributed by atoms with Gasteiger partial charge in [0.1, 0.15) is 17.6 Å². The maximum atomic E-state index is 13.2. The Hall–Kier alpha value is -2.44. The van der Waals surface area contributed by atoms with Crippen molar-refractivity contribution in [3.8, 4) is 0 Å². The summed E-state index contributed by atoms with van der Waals surface area (Å²) in [6, 6.07) is 5.15. The summed E-state index contributed by atoms with van der Waals surface area (Å²) in [6.07, 6.45) is 5.67. The first-order valence-corrected chi connectivity index (χ1v) is 9.23. The number of benzene rings is 1. The van der Waals surface area contributed by atoms with E-state index in [2.05, 4.69) is 5.10 Å². The molecule has 26 heavy (non-hydrogen) atoms. The van der Waals surface area contributed by atoms with Crippen molar-refractivity contribution in [2.45, 2.75) is 57.5 Å². The molecule has 2 amide bonds. The maximum absolute atomic E-state index is 13.2. The first-order valence-electron chi connectivity index (χ1n) is 9.23. The number of nitrogens with two attached hydrogens (primary N) is 1. The quantitative estimate of drug-likeness (QED) is 0.876. The zero-order valence-corrected chi connectivity index (χ0v) is 15.0. The van der Waals surface area contributed by atoms with Crippen LogP contribution in [0.3, 0.4) is 0 Å². The van der Waals surface area contributed by atoms with Crippen molar-refractivity contribution in [1.29, 1.82) is 0 Å². The van der Waals surface area contributed by atoms with Crippen molar-refractivity contribution < 1.29 is 14.0 Å². The van der Waals surface area contributed by atoms with Gasteiger partial charge in [0.15, 0.2) is 0 Å². The highest BCUT2D eigenvalue weighted by molar-refractivity contribution is 6.40. The van der Waals surface area contributed by atoms with Crippen LogP contribution in [0.2, 0.25) is 0 Å². The third-order valence-electron chi connectivity index (χ3n) is 5.19. The lowest BCUT2D eigenvalue weighted by Gasteiger charge is -2.33. The molecule has 2 N–H and O–H groups in total. The molecule has 2 aliphatic rings. The molecule has 1 fully saturated rings. The number of hydrazone groups is 1. The van der Waals surface area contributed by atoms with Crippen LogP contribution in [-0.4, -0.2) is 41.1 Å². The molecule has 140 valence electrons. The van der Waals surface area contributed by atoms with E-state index in [4.69, 9.17) is 5.73 Å². The SMILES string of the molecule is CCN(C(=O)C1=NN(c2ccc(F)cc2)[C@@H](C(N)=O)C1)C1CCCCC1. The minimum atomic E-state index is -0.732. The molecule has 1 saturated carbocycles. The Morgan fingerprint density at radius 1 is 1.23 bits per heavy atom. The van der Waals surface area contributed by atoms with E-state index in [0.717, 1.165) is 25.7 Å². The molecule has 0 unspecified atom stereocenters. The van der Waals surface area contributed by atoms with Crippen LogP contribution in [0.4, 0.5) is 10.1 Å². The van der Waals surface area contributed by atoms with Gasteiger partial charge in [0.2, 0.25) is 5.91 Å². The van der Waals surface area contributed by atoms with E-state index in [0.29, 0.717) is 17.9 Å². The van der Waals surface area contributed by atoms with E-state index in [1.807, 2.05) is 11.8 Å². The zero-order valence-electron chi connectivity index (χ0n) is 15.0.